The van der Waals surface area contributed by atoms with E-state index in [2.05, 4.69) is 4.98 Å². The predicted molar refractivity (Wildman–Crippen MR) is 43.9 cm³/mol. The molecule has 1 aromatic rings. The first kappa shape index (κ1) is 10.8. The number of aromatic nitrogens is 1. The monoisotopic (exact) mass is 224 g/mol. The summed E-state index contributed by atoms with van der Waals surface area (Å²) in [6, 6.07) is 0.646. The van der Waals surface area contributed by atoms with Crippen LogP contribution in [0.5, 0.6) is 0 Å². The maximum Gasteiger partial charge on any atom is 0.418 e. The van der Waals surface area contributed by atoms with Gasteiger partial charge < -0.3 is 5.32 Å². The number of amides is 1. The zero-order valence-electron chi connectivity index (χ0n) is 6.60. The maximum atomic E-state index is 12.3. The van der Waals surface area contributed by atoms with Gasteiger partial charge in [0.05, 0.1) is 17.4 Å². The van der Waals surface area contributed by atoms with Crippen LogP contribution in [0.25, 0.3) is 0 Å². The molecule has 1 amide bonds. The first-order chi connectivity index (χ1) is 6.45. The molecule has 0 spiro atoms. The van der Waals surface area contributed by atoms with Crippen LogP contribution in [-0.4, -0.2) is 11.4 Å². The molecule has 0 bridgehead atoms. The van der Waals surface area contributed by atoms with Gasteiger partial charge in [-0.15, -0.1) is 0 Å². The smallest absolute Gasteiger partial charge is 0.327 e. The average molecular weight is 225 g/mol. The number of halogens is 4. The van der Waals surface area contributed by atoms with Crippen molar-refractivity contribution in [2.45, 2.75) is 6.18 Å². The zero-order chi connectivity index (χ0) is 10.8. The van der Waals surface area contributed by atoms with Gasteiger partial charge >= 0.3 is 6.18 Å². The third-order valence-electron chi connectivity index (χ3n) is 1.39. The molecule has 0 saturated carbocycles. The molecular weight excluding hydrogens is 221 g/mol. The maximum absolute atomic E-state index is 12.3. The van der Waals surface area contributed by atoms with Gasteiger partial charge in [-0.1, -0.05) is 11.6 Å². The summed E-state index contributed by atoms with van der Waals surface area (Å²) < 4.78 is 36.9. The number of carbonyl (C=O) groups excluding carboxylic acids is 1. The molecule has 0 fully saturated rings. The molecule has 0 saturated heterocycles. The van der Waals surface area contributed by atoms with Crippen LogP contribution in [0.4, 0.5) is 18.9 Å². The molecule has 0 aliphatic carbocycles. The lowest BCUT2D eigenvalue weighted by Crippen LogP contribution is -2.10. The number of hydrogen-bond acceptors (Lipinski definition) is 2. The largest absolute Gasteiger partial charge is 0.418 e. The topological polar surface area (TPSA) is 42.0 Å². The Balaban J connectivity index is 3.22. The van der Waals surface area contributed by atoms with Crippen molar-refractivity contribution in [3.8, 4) is 0 Å². The summed E-state index contributed by atoms with van der Waals surface area (Å²) in [5.74, 6) is 0. The Hall–Kier alpha value is -1.30. The second-order valence-electron chi connectivity index (χ2n) is 2.31. The first-order valence-electron chi connectivity index (χ1n) is 3.38. The van der Waals surface area contributed by atoms with Gasteiger partial charge in [-0.25, -0.2) is 4.98 Å². The van der Waals surface area contributed by atoms with Gasteiger partial charge in [0, 0.05) is 0 Å². The minimum atomic E-state index is -4.57. The van der Waals surface area contributed by atoms with Crippen molar-refractivity contribution in [1.29, 1.82) is 0 Å². The summed E-state index contributed by atoms with van der Waals surface area (Å²) in [6.45, 7) is 0. The van der Waals surface area contributed by atoms with Crippen molar-refractivity contribution in [2.24, 2.45) is 0 Å². The molecule has 0 atom stereocenters. The number of rotatable bonds is 2. The van der Waals surface area contributed by atoms with Crippen LogP contribution in [0.2, 0.25) is 5.15 Å². The molecule has 0 radical (unpaired) electrons. The SMILES string of the molecule is O=CNc1cnc(Cl)cc1C(F)(F)F. The highest BCUT2D eigenvalue weighted by Crippen LogP contribution is 2.35. The summed E-state index contributed by atoms with van der Waals surface area (Å²) >= 11 is 5.30. The van der Waals surface area contributed by atoms with Crippen molar-refractivity contribution in [3.05, 3.63) is 23.0 Å². The van der Waals surface area contributed by atoms with E-state index in [-0.39, 0.29) is 11.6 Å². The molecule has 1 aromatic heterocycles. The van der Waals surface area contributed by atoms with E-state index in [1.165, 1.54) is 0 Å². The Morgan fingerprint density at radius 1 is 1.50 bits per heavy atom. The highest BCUT2D eigenvalue weighted by molar-refractivity contribution is 6.29. The molecule has 14 heavy (non-hydrogen) atoms. The van der Waals surface area contributed by atoms with Crippen LogP contribution in [0.15, 0.2) is 12.3 Å². The van der Waals surface area contributed by atoms with Crippen molar-refractivity contribution >= 4 is 23.7 Å². The number of nitrogens with one attached hydrogen (secondary N) is 1. The van der Waals surface area contributed by atoms with E-state index in [9.17, 15) is 18.0 Å². The van der Waals surface area contributed by atoms with Crippen molar-refractivity contribution in [1.82, 2.24) is 4.98 Å². The fraction of sp³-hybridized carbons (Fsp3) is 0.143. The lowest BCUT2D eigenvalue weighted by atomic mass is 10.2. The average Bonchev–Trinajstić information content (AvgIpc) is 2.07. The third kappa shape index (κ3) is 2.35. The lowest BCUT2D eigenvalue weighted by Gasteiger charge is -2.10. The van der Waals surface area contributed by atoms with Gasteiger partial charge in [-0.3, -0.25) is 4.79 Å². The molecule has 7 heteroatoms. The quantitative estimate of drug-likeness (QED) is 0.619. The lowest BCUT2D eigenvalue weighted by molar-refractivity contribution is -0.137. The third-order valence-corrected chi connectivity index (χ3v) is 1.60. The minimum absolute atomic E-state index is 0.139. The summed E-state index contributed by atoms with van der Waals surface area (Å²) in [7, 11) is 0. The Morgan fingerprint density at radius 2 is 2.14 bits per heavy atom. The zero-order valence-corrected chi connectivity index (χ0v) is 7.36. The number of nitrogens with zero attached hydrogens (tertiary/aromatic N) is 1. The number of carbonyl (C=O) groups is 1. The van der Waals surface area contributed by atoms with Gasteiger partial charge in [-0.2, -0.15) is 13.2 Å². The van der Waals surface area contributed by atoms with Gasteiger partial charge in [0.2, 0.25) is 6.41 Å². The van der Waals surface area contributed by atoms with E-state index >= 15 is 0 Å². The number of pyridine rings is 1. The predicted octanol–water partition coefficient (Wildman–Crippen LogP) is 2.32. The second kappa shape index (κ2) is 3.83. The fourth-order valence-electron chi connectivity index (χ4n) is 0.843. The highest BCUT2D eigenvalue weighted by Gasteiger charge is 2.34. The summed E-state index contributed by atoms with van der Waals surface area (Å²) in [4.78, 5) is 13.4. The van der Waals surface area contributed by atoms with Crippen LogP contribution in [-0.2, 0) is 11.0 Å². The molecule has 3 nitrogen and oxygen atoms in total. The van der Waals surface area contributed by atoms with Crippen molar-refractivity contribution in [2.75, 3.05) is 5.32 Å². The normalized spacial score (nSPS) is 11.1. The molecule has 76 valence electrons. The van der Waals surface area contributed by atoms with Gasteiger partial charge in [-0.05, 0) is 6.07 Å². The Labute approximate surface area is 81.9 Å². The summed E-state index contributed by atoms with van der Waals surface area (Å²) in [6.07, 6.45) is -3.59. The van der Waals surface area contributed by atoms with Crippen molar-refractivity contribution < 1.29 is 18.0 Å². The number of alkyl halides is 3. The van der Waals surface area contributed by atoms with E-state index in [0.717, 1.165) is 6.20 Å². The Morgan fingerprint density at radius 3 is 2.64 bits per heavy atom. The van der Waals surface area contributed by atoms with Crippen LogP contribution in [0, 0.1) is 0 Å². The molecular formula is C7H4ClF3N2O. The molecule has 1 N–H and O–H groups in total. The Bertz CT molecular complexity index is 353. The minimum Gasteiger partial charge on any atom is -0.327 e. The van der Waals surface area contributed by atoms with Gasteiger partial charge in [0.1, 0.15) is 5.15 Å². The number of hydrogen-bond donors (Lipinski definition) is 1. The first-order valence-corrected chi connectivity index (χ1v) is 3.76. The fourth-order valence-corrected chi connectivity index (χ4v) is 1.00. The summed E-state index contributed by atoms with van der Waals surface area (Å²) in [5.41, 5.74) is -1.44. The summed E-state index contributed by atoms with van der Waals surface area (Å²) in [5, 5.41) is 1.60. The number of anilines is 1. The van der Waals surface area contributed by atoms with Crippen LogP contribution in [0.3, 0.4) is 0 Å². The standard InChI is InChI=1S/C7H4ClF3N2O/c8-6-1-4(7(9,10)11)5(2-12-6)13-3-14/h1-3H,(H,13,14). The molecule has 0 unspecified atom stereocenters. The van der Waals surface area contributed by atoms with Crippen molar-refractivity contribution in [3.63, 3.8) is 0 Å². The van der Waals surface area contributed by atoms with E-state index in [4.69, 9.17) is 11.6 Å². The van der Waals surface area contributed by atoms with E-state index < -0.39 is 17.4 Å². The van der Waals surface area contributed by atoms with Crippen LogP contribution in [0.1, 0.15) is 5.56 Å². The molecule has 1 heterocycles. The van der Waals surface area contributed by atoms with E-state index in [1.54, 1.807) is 0 Å². The molecule has 0 aromatic carbocycles. The van der Waals surface area contributed by atoms with Crippen LogP contribution < -0.4 is 5.32 Å². The van der Waals surface area contributed by atoms with E-state index in [1.807, 2.05) is 5.32 Å². The van der Waals surface area contributed by atoms with E-state index in [0.29, 0.717) is 6.07 Å². The second-order valence-corrected chi connectivity index (χ2v) is 2.70. The highest BCUT2D eigenvalue weighted by atomic mass is 35.5. The van der Waals surface area contributed by atoms with Gasteiger partial charge in [0.25, 0.3) is 0 Å². The molecule has 0 aliphatic heterocycles. The molecule has 1 rings (SSSR count). The Kier molecular flexibility index (Phi) is 2.95. The van der Waals surface area contributed by atoms with Crippen LogP contribution >= 0.6 is 11.6 Å². The van der Waals surface area contributed by atoms with Gasteiger partial charge in [0.15, 0.2) is 0 Å². The molecule has 0 aliphatic rings.